The number of rotatable bonds is 2. The topological polar surface area (TPSA) is 76.5 Å². The molecule has 0 radical (unpaired) electrons. The summed E-state index contributed by atoms with van der Waals surface area (Å²) in [6, 6.07) is 2.17. The summed E-state index contributed by atoms with van der Waals surface area (Å²) in [6.07, 6.45) is 1.93. The van der Waals surface area contributed by atoms with E-state index >= 15 is 0 Å². The van der Waals surface area contributed by atoms with Crippen molar-refractivity contribution in [1.29, 1.82) is 0 Å². The second-order valence-electron chi connectivity index (χ2n) is 6.72. The fourth-order valence-corrected chi connectivity index (χ4v) is 3.46. The molecule has 0 saturated carbocycles. The van der Waals surface area contributed by atoms with Crippen molar-refractivity contribution in [2.24, 2.45) is 11.7 Å². The lowest BCUT2D eigenvalue weighted by Crippen LogP contribution is -2.42. The van der Waals surface area contributed by atoms with Crippen LogP contribution < -0.4 is 5.73 Å². The van der Waals surface area contributed by atoms with E-state index in [2.05, 4.69) is 10.1 Å². The molecule has 1 aliphatic rings. The van der Waals surface area contributed by atoms with E-state index in [1.165, 1.54) is 0 Å². The van der Waals surface area contributed by atoms with Gasteiger partial charge in [0.1, 0.15) is 5.56 Å². The molecular weight excluding hydrogens is 290 g/mol. The van der Waals surface area contributed by atoms with Crippen molar-refractivity contribution in [2.45, 2.75) is 46.6 Å². The summed E-state index contributed by atoms with van der Waals surface area (Å²) >= 11 is 0. The smallest absolute Gasteiger partial charge is 0.259 e. The number of carbonyl (C=O) groups is 1. The van der Waals surface area contributed by atoms with Crippen molar-refractivity contribution in [1.82, 2.24) is 19.5 Å². The van der Waals surface area contributed by atoms with Crippen LogP contribution in [0.25, 0.3) is 5.65 Å². The average Bonchev–Trinajstić information content (AvgIpc) is 2.83. The van der Waals surface area contributed by atoms with Crippen LogP contribution in [0.4, 0.5) is 0 Å². The first-order valence-corrected chi connectivity index (χ1v) is 8.27. The van der Waals surface area contributed by atoms with E-state index in [0.29, 0.717) is 17.1 Å². The molecule has 23 heavy (non-hydrogen) atoms. The van der Waals surface area contributed by atoms with E-state index in [-0.39, 0.29) is 11.9 Å². The van der Waals surface area contributed by atoms with E-state index in [9.17, 15) is 4.79 Å². The number of likely N-dealkylation sites (tertiary alicyclic amines) is 1. The summed E-state index contributed by atoms with van der Waals surface area (Å²) in [5.41, 5.74) is 9.92. The lowest BCUT2D eigenvalue weighted by Gasteiger charge is -2.33. The Morgan fingerprint density at radius 1 is 1.30 bits per heavy atom. The molecule has 0 bridgehead atoms. The molecule has 2 aromatic rings. The highest BCUT2D eigenvalue weighted by molar-refractivity contribution is 6.01. The van der Waals surface area contributed by atoms with Gasteiger partial charge in [0, 0.05) is 30.5 Å². The number of fused-ring (bicyclic) bond motifs is 1. The third-order valence-electron chi connectivity index (χ3n) is 4.85. The van der Waals surface area contributed by atoms with E-state index in [4.69, 9.17) is 5.73 Å². The van der Waals surface area contributed by atoms with Crippen molar-refractivity contribution < 1.29 is 4.79 Å². The van der Waals surface area contributed by atoms with Crippen LogP contribution in [0.2, 0.25) is 0 Å². The minimum atomic E-state index is 0.0399. The zero-order chi connectivity index (χ0) is 16.7. The number of piperidine rings is 1. The molecule has 1 unspecified atom stereocenters. The van der Waals surface area contributed by atoms with Crippen LogP contribution in [-0.4, -0.2) is 44.5 Å². The van der Waals surface area contributed by atoms with Gasteiger partial charge in [-0.2, -0.15) is 5.10 Å². The highest BCUT2D eigenvalue weighted by atomic mass is 16.2. The van der Waals surface area contributed by atoms with Gasteiger partial charge in [-0.3, -0.25) is 4.79 Å². The maximum absolute atomic E-state index is 13.0. The number of carbonyl (C=O) groups excluding carboxylic acids is 1. The molecule has 124 valence electrons. The van der Waals surface area contributed by atoms with Gasteiger partial charge in [0.05, 0.1) is 5.69 Å². The van der Waals surface area contributed by atoms with Crippen molar-refractivity contribution >= 4 is 11.6 Å². The molecule has 0 aliphatic carbocycles. The predicted molar refractivity (Wildman–Crippen MR) is 89.5 cm³/mol. The molecular formula is C17H25N5O. The minimum absolute atomic E-state index is 0.0399. The van der Waals surface area contributed by atoms with Crippen molar-refractivity contribution in [3.63, 3.8) is 0 Å². The van der Waals surface area contributed by atoms with Gasteiger partial charge in [-0.15, -0.1) is 0 Å². The number of nitrogens with zero attached hydrogens (tertiary/aromatic N) is 4. The fourth-order valence-electron chi connectivity index (χ4n) is 3.46. The number of amides is 1. The number of hydrogen-bond acceptors (Lipinski definition) is 4. The molecule has 1 saturated heterocycles. The number of aromatic nitrogens is 3. The fraction of sp³-hybridized carbons (Fsp3) is 0.588. The van der Waals surface area contributed by atoms with E-state index in [1.54, 1.807) is 4.52 Å². The first kappa shape index (κ1) is 15.9. The Balaban J connectivity index is 1.91. The van der Waals surface area contributed by atoms with Crippen LogP contribution in [0.3, 0.4) is 0 Å². The Bertz CT molecular complexity index is 741. The van der Waals surface area contributed by atoms with Gasteiger partial charge in [0.25, 0.3) is 5.91 Å². The van der Waals surface area contributed by atoms with Gasteiger partial charge < -0.3 is 10.6 Å². The summed E-state index contributed by atoms with van der Waals surface area (Å²) in [6.45, 7) is 9.37. The Hall–Kier alpha value is -1.95. The van der Waals surface area contributed by atoms with Crippen molar-refractivity contribution in [3.8, 4) is 0 Å². The third-order valence-corrected chi connectivity index (χ3v) is 4.85. The van der Waals surface area contributed by atoms with Gasteiger partial charge in [-0.25, -0.2) is 9.50 Å². The van der Waals surface area contributed by atoms with Gasteiger partial charge in [-0.1, -0.05) is 0 Å². The zero-order valence-corrected chi connectivity index (χ0v) is 14.3. The Labute approximate surface area is 136 Å². The van der Waals surface area contributed by atoms with Crippen LogP contribution in [0.15, 0.2) is 6.07 Å². The first-order chi connectivity index (χ1) is 10.9. The Morgan fingerprint density at radius 3 is 2.57 bits per heavy atom. The van der Waals surface area contributed by atoms with Gasteiger partial charge in [-0.05, 0) is 52.5 Å². The Morgan fingerprint density at radius 2 is 1.96 bits per heavy atom. The van der Waals surface area contributed by atoms with Crippen LogP contribution in [0.1, 0.15) is 47.2 Å². The maximum Gasteiger partial charge on any atom is 0.259 e. The molecule has 1 aliphatic heterocycles. The molecule has 2 N–H and O–H groups in total. The molecule has 6 heteroatoms. The Kier molecular flexibility index (Phi) is 4.10. The average molecular weight is 315 g/mol. The van der Waals surface area contributed by atoms with Crippen molar-refractivity contribution in [3.05, 3.63) is 28.7 Å². The van der Waals surface area contributed by atoms with E-state index in [1.807, 2.05) is 38.7 Å². The monoisotopic (exact) mass is 315 g/mol. The molecule has 0 spiro atoms. The molecule has 1 fully saturated rings. The molecule has 3 heterocycles. The van der Waals surface area contributed by atoms with E-state index in [0.717, 1.165) is 43.0 Å². The largest absolute Gasteiger partial charge is 0.338 e. The minimum Gasteiger partial charge on any atom is -0.338 e. The van der Waals surface area contributed by atoms with Crippen molar-refractivity contribution in [2.75, 3.05) is 13.1 Å². The summed E-state index contributed by atoms with van der Waals surface area (Å²) in [4.78, 5) is 19.5. The maximum atomic E-state index is 13.0. The summed E-state index contributed by atoms with van der Waals surface area (Å²) < 4.78 is 1.77. The third kappa shape index (κ3) is 2.83. The quantitative estimate of drug-likeness (QED) is 0.917. The van der Waals surface area contributed by atoms with Gasteiger partial charge in [0.15, 0.2) is 5.65 Å². The molecule has 0 aromatic carbocycles. The van der Waals surface area contributed by atoms with Crippen LogP contribution >= 0.6 is 0 Å². The molecule has 3 rings (SSSR count). The number of aryl methyl sites for hydroxylation is 3. The molecule has 6 nitrogen and oxygen atoms in total. The molecule has 1 atom stereocenters. The van der Waals surface area contributed by atoms with E-state index < -0.39 is 0 Å². The van der Waals surface area contributed by atoms with Gasteiger partial charge in [0.2, 0.25) is 0 Å². The van der Waals surface area contributed by atoms with Gasteiger partial charge >= 0.3 is 0 Å². The number of hydrogen-bond donors (Lipinski definition) is 1. The molecule has 1 amide bonds. The SMILES string of the molecule is Cc1cc(C)n2nc(C)c(C(=O)N3CCC(C(C)N)CC3)c2n1. The second-order valence-corrected chi connectivity index (χ2v) is 6.72. The zero-order valence-electron chi connectivity index (χ0n) is 14.3. The normalized spacial score (nSPS) is 17.7. The first-order valence-electron chi connectivity index (χ1n) is 8.27. The highest BCUT2D eigenvalue weighted by Gasteiger charge is 2.29. The van der Waals surface area contributed by atoms with Crippen LogP contribution in [-0.2, 0) is 0 Å². The summed E-state index contributed by atoms with van der Waals surface area (Å²) in [7, 11) is 0. The number of nitrogens with two attached hydrogens (primary N) is 1. The summed E-state index contributed by atoms with van der Waals surface area (Å²) in [5, 5.41) is 4.50. The second kappa shape index (κ2) is 5.92. The summed E-state index contributed by atoms with van der Waals surface area (Å²) in [5.74, 6) is 0.546. The molecule has 2 aromatic heterocycles. The lowest BCUT2D eigenvalue weighted by atomic mass is 9.90. The highest BCUT2D eigenvalue weighted by Crippen LogP contribution is 2.24. The lowest BCUT2D eigenvalue weighted by molar-refractivity contribution is 0.0682. The van der Waals surface area contributed by atoms with Crippen LogP contribution in [0.5, 0.6) is 0 Å². The predicted octanol–water partition coefficient (Wildman–Crippen LogP) is 1.85. The standard InChI is InChI=1S/C17H25N5O/c1-10-9-11(2)22-16(19-10)15(13(4)20-22)17(23)21-7-5-14(6-8-21)12(3)18/h9,12,14H,5-8,18H2,1-4H3. The van der Waals surface area contributed by atoms with Crippen LogP contribution in [0, 0.1) is 26.7 Å².